The second-order valence-corrected chi connectivity index (χ2v) is 4.77. The number of rotatable bonds is 3. The van der Waals surface area contributed by atoms with E-state index in [4.69, 9.17) is 5.73 Å². The van der Waals surface area contributed by atoms with Crippen molar-refractivity contribution in [3.8, 4) is 0 Å². The Morgan fingerprint density at radius 2 is 2.18 bits per heavy atom. The molecule has 1 saturated carbocycles. The third-order valence-corrected chi connectivity index (χ3v) is 3.52. The molecule has 0 aromatic carbocycles. The lowest BCUT2D eigenvalue weighted by atomic mass is 9.92. The molecular formula is C12H22N4O. The molecule has 1 aliphatic rings. The molecule has 0 aliphatic heterocycles. The summed E-state index contributed by atoms with van der Waals surface area (Å²) in [5, 5.41) is 17.7. The van der Waals surface area contributed by atoms with Gasteiger partial charge in [-0.15, -0.1) is 0 Å². The summed E-state index contributed by atoms with van der Waals surface area (Å²) in [6, 6.07) is 0.104. The molecule has 5 nitrogen and oxygen atoms in total. The Labute approximate surface area is 102 Å². The summed E-state index contributed by atoms with van der Waals surface area (Å²) in [4.78, 5) is 0. The number of hydrogen-bond acceptors (Lipinski definition) is 4. The van der Waals surface area contributed by atoms with Gasteiger partial charge in [-0.05, 0) is 26.7 Å². The zero-order valence-corrected chi connectivity index (χ0v) is 10.6. The van der Waals surface area contributed by atoms with Crippen molar-refractivity contribution in [2.45, 2.75) is 58.2 Å². The van der Waals surface area contributed by atoms with E-state index in [1.165, 1.54) is 0 Å². The van der Waals surface area contributed by atoms with Gasteiger partial charge in [0.15, 0.2) is 0 Å². The van der Waals surface area contributed by atoms with E-state index in [-0.39, 0.29) is 12.1 Å². The Morgan fingerprint density at radius 3 is 2.82 bits per heavy atom. The molecule has 0 saturated heterocycles. The van der Waals surface area contributed by atoms with Crippen molar-refractivity contribution in [1.29, 1.82) is 0 Å². The Hall–Kier alpha value is -1.23. The van der Waals surface area contributed by atoms with E-state index in [0.717, 1.165) is 43.7 Å². The van der Waals surface area contributed by atoms with Gasteiger partial charge in [-0.3, -0.25) is 0 Å². The quantitative estimate of drug-likeness (QED) is 0.746. The Balaban J connectivity index is 2.16. The van der Waals surface area contributed by atoms with E-state index in [2.05, 4.69) is 10.4 Å². The van der Waals surface area contributed by atoms with Crippen LogP contribution in [0.3, 0.4) is 0 Å². The van der Waals surface area contributed by atoms with Gasteiger partial charge in [-0.25, -0.2) is 4.68 Å². The van der Waals surface area contributed by atoms with Gasteiger partial charge in [0.25, 0.3) is 0 Å². The lowest BCUT2D eigenvalue weighted by Crippen LogP contribution is -2.37. The number of anilines is 2. The summed E-state index contributed by atoms with van der Waals surface area (Å²) in [5.41, 5.74) is 7.56. The molecule has 1 heterocycles. The normalized spacial score (nSPS) is 24.9. The summed E-state index contributed by atoms with van der Waals surface area (Å²) in [6.45, 7) is 4.72. The summed E-state index contributed by atoms with van der Waals surface area (Å²) in [6.07, 6.45) is 3.86. The molecule has 17 heavy (non-hydrogen) atoms. The maximum absolute atomic E-state index is 9.96. The molecule has 2 atom stereocenters. The van der Waals surface area contributed by atoms with Crippen molar-refractivity contribution >= 4 is 11.5 Å². The molecule has 0 bridgehead atoms. The second-order valence-electron chi connectivity index (χ2n) is 4.77. The first kappa shape index (κ1) is 12.2. The molecule has 0 radical (unpaired) electrons. The fourth-order valence-corrected chi connectivity index (χ4v) is 2.43. The van der Waals surface area contributed by atoms with E-state index in [0.29, 0.717) is 5.69 Å². The summed E-state index contributed by atoms with van der Waals surface area (Å²) in [5.74, 6) is 0.857. The van der Waals surface area contributed by atoms with Crippen LogP contribution >= 0.6 is 0 Å². The monoisotopic (exact) mass is 238 g/mol. The number of nitrogens with two attached hydrogens (primary N) is 1. The van der Waals surface area contributed by atoms with Gasteiger partial charge < -0.3 is 16.2 Å². The summed E-state index contributed by atoms with van der Waals surface area (Å²) < 4.78 is 1.87. The first-order valence-electron chi connectivity index (χ1n) is 6.41. The number of aliphatic hydroxyl groups is 1. The van der Waals surface area contributed by atoms with Gasteiger partial charge in [0.05, 0.1) is 23.5 Å². The Bertz CT molecular complexity index is 388. The number of aromatic nitrogens is 2. The third kappa shape index (κ3) is 2.39. The largest absolute Gasteiger partial charge is 0.394 e. The van der Waals surface area contributed by atoms with Crippen molar-refractivity contribution in [3.05, 3.63) is 5.69 Å². The van der Waals surface area contributed by atoms with Crippen LogP contribution in [0, 0.1) is 6.92 Å². The van der Waals surface area contributed by atoms with Crippen molar-refractivity contribution in [3.63, 3.8) is 0 Å². The molecule has 2 rings (SSSR count). The van der Waals surface area contributed by atoms with Gasteiger partial charge >= 0.3 is 0 Å². The van der Waals surface area contributed by atoms with Crippen LogP contribution in [0.2, 0.25) is 0 Å². The molecule has 1 aromatic heterocycles. The predicted molar refractivity (Wildman–Crippen MR) is 68.9 cm³/mol. The Kier molecular flexibility index (Phi) is 3.57. The number of aryl methyl sites for hydroxylation is 2. The number of nitrogen functional groups attached to an aromatic ring is 1. The molecule has 5 heteroatoms. The number of nitrogens with one attached hydrogen (secondary N) is 1. The minimum atomic E-state index is -0.274. The van der Waals surface area contributed by atoms with E-state index >= 15 is 0 Å². The Morgan fingerprint density at radius 1 is 1.47 bits per heavy atom. The highest BCUT2D eigenvalue weighted by atomic mass is 16.3. The van der Waals surface area contributed by atoms with Crippen LogP contribution in [0.15, 0.2) is 0 Å². The van der Waals surface area contributed by atoms with Gasteiger partial charge in [-0.1, -0.05) is 12.8 Å². The van der Waals surface area contributed by atoms with Crippen LogP contribution in [0.1, 0.15) is 38.3 Å². The standard InChI is InChI=1S/C12H22N4O/c1-3-16-12(11(13)8(2)15-16)14-9-6-4-5-7-10(9)17/h9-10,14,17H,3-7,13H2,1-2H3. The van der Waals surface area contributed by atoms with Gasteiger partial charge in [0, 0.05) is 6.54 Å². The van der Waals surface area contributed by atoms with Crippen LogP contribution < -0.4 is 11.1 Å². The average Bonchev–Trinajstić information content (AvgIpc) is 2.59. The average molecular weight is 238 g/mol. The first-order valence-corrected chi connectivity index (χ1v) is 6.41. The van der Waals surface area contributed by atoms with Crippen LogP contribution in [0.4, 0.5) is 11.5 Å². The second kappa shape index (κ2) is 4.96. The predicted octanol–water partition coefficient (Wildman–Crippen LogP) is 1.51. The van der Waals surface area contributed by atoms with E-state index in [9.17, 15) is 5.11 Å². The number of nitrogens with zero attached hydrogens (tertiary/aromatic N) is 2. The van der Waals surface area contributed by atoms with Gasteiger partial charge in [-0.2, -0.15) is 5.10 Å². The van der Waals surface area contributed by atoms with Crippen LogP contribution in [-0.4, -0.2) is 27.0 Å². The zero-order valence-electron chi connectivity index (χ0n) is 10.6. The fourth-order valence-electron chi connectivity index (χ4n) is 2.43. The molecule has 0 amide bonds. The van der Waals surface area contributed by atoms with Crippen molar-refractivity contribution in [2.24, 2.45) is 0 Å². The first-order chi connectivity index (χ1) is 8.13. The third-order valence-electron chi connectivity index (χ3n) is 3.52. The van der Waals surface area contributed by atoms with Crippen molar-refractivity contribution < 1.29 is 5.11 Å². The van der Waals surface area contributed by atoms with Crippen LogP contribution in [0.5, 0.6) is 0 Å². The zero-order chi connectivity index (χ0) is 12.4. The minimum absolute atomic E-state index is 0.104. The maximum Gasteiger partial charge on any atom is 0.148 e. The lowest BCUT2D eigenvalue weighted by Gasteiger charge is -2.29. The number of aliphatic hydroxyl groups excluding tert-OH is 1. The molecule has 96 valence electrons. The summed E-state index contributed by atoms with van der Waals surface area (Å²) >= 11 is 0. The minimum Gasteiger partial charge on any atom is -0.394 e. The van der Waals surface area contributed by atoms with Crippen LogP contribution in [-0.2, 0) is 6.54 Å². The maximum atomic E-state index is 9.96. The number of hydrogen-bond donors (Lipinski definition) is 3. The smallest absolute Gasteiger partial charge is 0.148 e. The summed E-state index contributed by atoms with van der Waals surface area (Å²) in [7, 11) is 0. The molecule has 2 unspecified atom stereocenters. The van der Waals surface area contributed by atoms with Crippen LogP contribution in [0.25, 0.3) is 0 Å². The molecule has 1 aromatic rings. The fraction of sp³-hybridized carbons (Fsp3) is 0.750. The molecule has 1 fully saturated rings. The van der Waals surface area contributed by atoms with E-state index in [1.54, 1.807) is 0 Å². The molecular weight excluding hydrogens is 216 g/mol. The van der Waals surface area contributed by atoms with E-state index in [1.807, 2.05) is 18.5 Å². The topological polar surface area (TPSA) is 76.1 Å². The molecule has 1 aliphatic carbocycles. The highest BCUT2D eigenvalue weighted by molar-refractivity contribution is 5.65. The highest BCUT2D eigenvalue weighted by Gasteiger charge is 2.25. The lowest BCUT2D eigenvalue weighted by molar-refractivity contribution is 0.116. The highest BCUT2D eigenvalue weighted by Crippen LogP contribution is 2.27. The van der Waals surface area contributed by atoms with E-state index < -0.39 is 0 Å². The molecule has 0 spiro atoms. The van der Waals surface area contributed by atoms with Gasteiger partial charge in [0.1, 0.15) is 5.82 Å². The van der Waals surface area contributed by atoms with Gasteiger partial charge in [0.2, 0.25) is 0 Å². The SMILES string of the molecule is CCn1nc(C)c(N)c1NC1CCCCC1O. The molecule has 4 N–H and O–H groups in total. The van der Waals surface area contributed by atoms with Crippen molar-refractivity contribution in [2.75, 3.05) is 11.1 Å². The van der Waals surface area contributed by atoms with Crippen molar-refractivity contribution in [1.82, 2.24) is 9.78 Å².